The second-order valence-corrected chi connectivity index (χ2v) is 12.0. The normalized spacial score (nSPS) is 12.2. The van der Waals surface area contributed by atoms with Crippen molar-refractivity contribution < 1.29 is 19.1 Å². The Morgan fingerprint density at radius 3 is 2.43 bits per heavy atom. The third-order valence-electron chi connectivity index (χ3n) is 7.77. The number of hydrogen-bond donors (Lipinski definition) is 6. The predicted molar refractivity (Wildman–Crippen MR) is 185 cm³/mol. The summed E-state index contributed by atoms with van der Waals surface area (Å²) in [4.78, 5) is 45.7. The first-order valence-electron chi connectivity index (χ1n) is 16.0. The number of carbonyl (C=O) groups is 3. The number of nitrogens with zero attached hydrogens (tertiary/aromatic N) is 2. The molecular formula is C34H47ClN8O4. The number of carbonyl (C=O) groups excluding carboxylic acids is 3. The molecule has 1 aromatic heterocycles. The van der Waals surface area contributed by atoms with Crippen LogP contribution in [0.3, 0.4) is 0 Å². The first-order chi connectivity index (χ1) is 22.6. The van der Waals surface area contributed by atoms with Gasteiger partial charge in [-0.25, -0.2) is 14.8 Å². The number of nitrogen functional groups attached to an aromatic ring is 2. The van der Waals surface area contributed by atoms with Gasteiger partial charge in [-0.15, -0.1) is 0 Å². The summed E-state index contributed by atoms with van der Waals surface area (Å²) in [5.41, 5.74) is 20.3. The van der Waals surface area contributed by atoms with E-state index in [1.54, 1.807) is 18.2 Å². The molecule has 3 aromatic rings. The summed E-state index contributed by atoms with van der Waals surface area (Å²) in [6, 6.07) is 15.1. The van der Waals surface area contributed by atoms with Crippen LogP contribution in [0.15, 0.2) is 48.5 Å². The van der Waals surface area contributed by atoms with Gasteiger partial charge in [-0.3, -0.25) is 9.59 Å². The van der Waals surface area contributed by atoms with Crippen molar-refractivity contribution >= 4 is 41.1 Å². The highest BCUT2D eigenvalue weighted by molar-refractivity contribution is 6.31. The molecule has 47 heavy (non-hydrogen) atoms. The monoisotopic (exact) mass is 666 g/mol. The number of anilines is 2. The summed E-state index contributed by atoms with van der Waals surface area (Å²) in [7, 11) is 0. The molecule has 13 heteroatoms. The number of nitrogens with two attached hydrogens (primary N) is 3. The summed E-state index contributed by atoms with van der Waals surface area (Å²) >= 11 is 5.98. The van der Waals surface area contributed by atoms with Crippen molar-refractivity contribution in [2.75, 3.05) is 37.6 Å². The zero-order valence-corrected chi connectivity index (χ0v) is 27.9. The van der Waals surface area contributed by atoms with E-state index in [2.05, 4.69) is 32.8 Å². The first kappa shape index (κ1) is 37.0. The van der Waals surface area contributed by atoms with Gasteiger partial charge in [0.05, 0.1) is 0 Å². The van der Waals surface area contributed by atoms with Crippen molar-refractivity contribution in [2.45, 2.75) is 64.9 Å². The maximum absolute atomic E-state index is 13.0. The van der Waals surface area contributed by atoms with Gasteiger partial charge in [-0.1, -0.05) is 74.2 Å². The largest absolute Gasteiger partial charge is 0.446 e. The lowest BCUT2D eigenvalue weighted by Gasteiger charge is -2.25. The maximum Gasteiger partial charge on any atom is 0.404 e. The number of aryl methyl sites for hydroxylation is 1. The Hall–Kier alpha value is -4.42. The minimum absolute atomic E-state index is 0.0729. The number of halogens is 1. The summed E-state index contributed by atoms with van der Waals surface area (Å²) in [6.07, 6.45) is 4.46. The first-order valence-corrected chi connectivity index (χ1v) is 16.4. The molecule has 12 nitrogen and oxygen atoms in total. The third-order valence-corrected chi connectivity index (χ3v) is 8.05. The molecule has 1 heterocycles. The lowest BCUT2D eigenvalue weighted by atomic mass is 9.89. The van der Waals surface area contributed by atoms with E-state index in [1.807, 2.05) is 37.3 Å². The van der Waals surface area contributed by atoms with Crippen molar-refractivity contribution in [2.24, 2.45) is 11.7 Å². The fourth-order valence-corrected chi connectivity index (χ4v) is 5.42. The molecule has 0 aliphatic heterocycles. The van der Waals surface area contributed by atoms with Crippen LogP contribution in [0.1, 0.15) is 76.6 Å². The average Bonchev–Trinajstić information content (AvgIpc) is 3.03. The van der Waals surface area contributed by atoms with Crippen LogP contribution in [-0.4, -0.2) is 60.2 Å². The zero-order valence-electron chi connectivity index (χ0n) is 27.2. The standard InChI is InChI=1S/C34H47ClN8O4/c1-3-4-5-8-14-39-15-16-40-32(44)26-13-9-11-23(17-26)19-27(47-34(38)46)20-24(18-25-12-7-6-10-22(25)2)21-41-33(45)28-30(36)43-31(37)29(35)42-28/h6-7,9-13,17,24,27,39H,3-5,8,14-16,18-21H2,1-2H3,(H2,38,46)(H,40,44)(H,41,45)(H4,36,37,43). The average molecular weight is 667 g/mol. The van der Waals surface area contributed by atoms with Crippen LogP contribution in [0.2, 0.25) is 5.15 Å². The molecule has 0 saturated heterocycles. The third kappa shape index (κ3) is 12.7. The molecule has 0 saturated carbocycles. The van der Waals surface area contributed by atoms with E-state index in [0.717, 1.165) is 29.7 Å². The summed E-state index contributed by atoms with van der Waals surface area (Å²) in [5, 5.41) is 9.04. The van der Waals surface area contributed by atoms with Crippen molar-refractivity contribution in [3.63, 3.8) is 0 Å². The van der Waals surface area contributed by atoms with Gasteiger partial charge in [0.1, 0.15) is 6.10 Å². The second kappa shape index (κ2) is 19.3. The summed E-state index contributed by atoms with van der Waals surface area (Å²) < 4.78 is 5.56. The van der Waals surface area contributed by atoms with Gasteiger partial charge in [-0.05, 0) is 67.5 Å². The number of nitrogens with one attached hydrogen (secondary N) is 3. The topological polar surface area (TPSA) is 200 Å². The molecule has 3 rings (SSSR count). The number of benzene rings is 2. The quantitative estimate of drug-likeness (QED) is 0.101. The Kier molecular flexibility index (Phi) is 15.2. The maximum atomic E-state index is 13.0. The van der Waals surface area contributed by atoms with Crippen molar-refractivity contribution in [1.29, 1.82) is 0 Å². The Morgan fingerprint density at radius 2 is 1.68 bits per heavy atom. The van der Waals surface area contributed by atoms with E-state index in [4.69, 9.17) is 33.5 Å². The molecule has 3 amide bonds. The molecule has 0 bridgehead atoms. The van der Waals surface area contributed by atoms with Crippen LogP contribution in [-0.2, 0) is 17.6 Å². The Bertz CT molecular complexity index is 1490. The Balaban J connectivity index is 1.69. The Morgan fingerprint density at radius 1 is 0.894 bits per heavy atom. The van der Waals surface area contributed by atoms with Crippen molar-refractivity contribution in [3.8, 4) is 0 Å². The van der Waals surface area contributed by atoms with Crippen LogP contribution >= 0.6 is 11.6 Å². The lowest BCUT2D eigenvalue weighted by molar-refractivity contribution is 0.0849. The molecule has 2 atom stereocenters. The van der Waals surface area contributed by atoms with Gasteiger partial charge >= 0.3 is 6.09 Å². The van der Waals surface area contributed by atoms with Crippen LogP contribution in [0.25, 0.3) is 0 Å². The van der Waals surface area contributed by atoms with Crippen LogP contribution < -0.4 is 33.2 Å². The number of rotatable bonds is 19. The predicted octanol–water partition coefficient (Wildman–Crippen LogP) is 4.19. The zero-order chi connectivity index (χ0) is 34.2. The van der Waals surface area contributed by atoms with E-state index < -0.39 is 18.1 Å². The second-order valence-electron chi connectivity index (χ2n) is 11.6. The van der Waals surface area contributed by atoms with Crippen molar-refractivity contribution in [3.05, 3.63) is 81.6 Å². The van der Waals surface area contributed by atoms with Gasteiger partial charge in [0, 0.05) is 31.6 Å². The molecule has 0 spiro atoms. The van der Waals surface area contributed by atoms with Crippen molar-refractivity contribution in [1.82, 2.24) is 25.9 Å². The number of ether oxygens (including phenoxy) is 1. The van der Waals surface area contributed by atoms with E-state index in [9.17, 15) is 14.4 Å². The van der Waals surface area contributed by atoms with E-state index >= 15 is 0 Å². The summed E-state index contributed by atoms with van der Waals surface area (Å²) in [6.45, 7) is 6.52. The number of hydrogen-bond acceptors (Lipinski definition) is 9. The molecule has 2 unspecified atom stereocenters. The highest BCUT2D eigenvalue weighted by Gasteiger charge is 2.24. The molecule has 0 fully saturated rings. The molecule has 0 aliphatic carbocycles. The van der Waals surface area contributed by atoms with Crippen LogP contribution in [0, 0.1) is 12.8 Å². The Labute approximate surface area is 281 Å². The van der Waals surface area contributed by atoms with E-state index in [0.29, 0.717) is 37.9 Å². The molecule has 9 N–H and O–H groups in total. The number of unbranched alkanes of at least 4 members (excludes halogenated alkanes) is 3. The van der Waals surface area contributed by atoms with Gasteiger partial charge in [0.15, 0.2) is 22.5 Å². The van der Waals surface area contributed by atoms with E-state index in [1.165, 1.54) is 19.3 Å². The highest BCUT2D eigenvalue weighted by atomic mass is 35.5. The molecular weight excluding hydrogens is 620 g/mol. The highest BCUT2D eigenvalue weighted by Crippen LogP contribution is 2.22. The van der Waals surface area contributed by atoms with Crippen LogP contribution in [0.4, 0.5) is 16.4 Å². The number of amides is 3. The fraction of sp³-hybridized carbons (Fsp3) is 0.441. The lowest BCUT2D eigenvalue weighted by Crippen LogP contribution is -2.35. The minimum atomic E-state index is -0.913. The summed E-state index contributed by atoms with van der Waals surface area (Å²) in [5.74, 6) is -1.15. The van der Waals surface area contributed by atoms with Gasteiger partial charge in [0.25, 0.3) is 11.8 Å². The molecule has 2 aromatic carbocycles. The smallest absolute Gasteiger partial charge is 0.404 e. The molecule has 254 valence electrons. The van der Waals surface area contributed by atoms with Gasteiger partial charge in [-0.2, -0.15) is 0 Å². The van der Waals surface area contributed by atoms with Crippen LogP contribution in [0.5, 0.6) is 0 Å². The van der Waals surface area contributed by atoms with E-state index in [-0.39, 0.29) is 40.9 Å². The molecule has 0 aliphatic rings. The fourth-order valence-electron chi connectivity index (χ4n) is 5.30. The number of primary amides is 1. The number of aromatic nitrogens is 2. The minimum Gasteiger partial charge on any atom is -0.446 e. The SMILES string of the molecule is CCCCCCNCCNC(=O)c1cccc(CC(CC(CNC(=O)c2nc(Cl)c(N)nc2N)Cc2ccccc2C)OC(N)=O)c1. The molecule has 0 radical (unpaired) electrons. The van der Waals surface area contributed by atoms with Gasteiger partial charge < -0.3 is 37.9 Å². The van der Waals surface area contributed by atoms with Gasteiger partial charge in [0.2, 0.25) is 0 Å².